The maximum atomic E-state index is 12.2. The van der Waals surface area contributed by atoms with Crippen LogP contribution in [0.5, 0.6) is 0 Å². The molecule has 0 bridgehead atoms. The fourth-order valence-electron chi connectivity index (χ4n) is 4.39. The van der Waals surface area contributed by atoms with Gasteiger partial charge in [0.2, 0.25) is 0 Å². The zero-order valence-electron chi connectivity index (χ0n) is 24.7. The van der Waals surface area contributed by atoms with E-state index in [9.17, 15) is 9.46 Å². The Morgan fingerprint density at radius 2 is 1.19 bits per heavy atom. The molecule has 218 valence electrons. The number of quaternary nitrogens is 1. The zero-order valence-corrected chi connectivity index (χ0v) is 25.6. The van der Waals surface area contributed by atoms with Crippen molar-refractivity contribution >= 4 is 7.82 Å². The summed E-state index contributed by atoms with van der Waals surface area (Å²) in [6.07, 6.45) is 20.8. The van der Waals surface area contributed by atoms with Gasteiger partial charge in [0.25, 0.3) is 0 Å². The molecule has 3 atom stereocenters. The number of ether oxygens (including phenoxy) is 2. The summed E-state index contributed by atoms with van der Waals surface area (Å²) in [7, 11) is 3.43. The Morgan fingerprint density at radius 1 is 0.750 bits per heavy atom. The van der Waals surface area contributed by atoms with Gasteiger partial charge in [-0.2, -0.15) is 0 Å². The van der Waals surface area contributed by atoms with Crippen LogP contribution in [0.4, 0.5) is 0 Å². The first kappa shape index (κ1) is 36.0. The van der Waals surface area contributed by atoms with Crippen molar-refractivity contribution in [1.82, 2.24) is 0 Å². The second-order valence-electron chi connectivity index (χ2n) is 11.4. The second kappa shape index (κ2) is 22.9. The fraction of sp³-hybridized carbons (Fsp3) is 1.00. The van der Waals surface area contributed by atoms with Gasteiger partial charge in [-0.15, -0.1) is 0 Å². The molecule has 0 aliphatic rings. The monoisotopic (exact) mass is 538 g/mol. The number of hydrogen-bond donors (Lipinski definition) is 1. The van der Waals surface area contributed by atoms with Crippen molar-refractivity contribution in [2.45, 2.75) is 129 Å². The Balaban J connectivity index is 3.57. The van der Waals surface area contributed by atoms with Crippen LogP contribution in [0.25, 0.3) is 0 Å². The van der Waals surface area contributed by atoms with Gasteiger partial charge in [0.15, 0.2) is 0 Å². The lowest BCUT2D eigenvalue weighted by Gasteiger charge is -2.28. The molecule has 0 saturated heterocycles. The molecule has 0 aromatic carbocycles. The van der Waals surface area contributed by atoms with Crippen LogP contribution in [0.15, 0.2) is 0 Å². The third kappa shape index (κ3) is 25.6. The van der Waals surface area contributed by atoms with Crippen LogP contribution in [-0.4, -0.2) is 76.2 Å². The van der Waals surface area contributed by atoms with Crippen molar-refractivity contribution < 1.29 is 32.5 Å². The van der Waals surface area contributed by atoms with Gasteiger partial charge < -0.3 is 18.9 Å². The molecule has 0 saturated carbocycles. The molecule has 0 aromatic rings. The van der Waals surface area contributed by atoms with Crippen LogP contribution in [-0.2, 0) is 23.1 Å². The summed E-state index contributed by atoms with van der Waals surface area (Å²) in [5.41, 5.74) is 0. The minimum Gasteiger partial charge on any atom is -0.379 e. The molecule has 0 fully saturated rings. The molecule has 1 N–H and O–H groups in total. The molecular weight excluding hydrogens is 477 g/mol. The average molecular weight is 539 g/mol. The van der Waals surface area contributed by atoms with Crippen LogP contribution >= 0.6 is 7.82 Å². The van der Waals surface area contributed by atoms with E-state index < -0.39 is 20.0 Å². The molecule has 0 spiro atoms. The molecule has 0 aliphatic carbocycles. The SMILES string of the molecule is CCCCCCCCCCCCCCCCCCOCC(COP(=O)(O)O[C@@H](C)C[N+](C)(C)C)OC. The first-order chi connectivity index (χ1) is 17.1. The van der Waals surface area contributed by atoms with Crippen molar-refractivity contribution in [2.75, 3.05) is 54.6 Å². The van der Waals surface area contributed by atoms with Crippen molar-refractivity contribution in [1.29, 1.82) is 0 Å². The lowest BCUT2D eigenvalue weighted by atomic mass is 10.0. The molecule has 0 amide bonds. The van der Waals surface area contributed by atoms with Gasteiger partial charge in [-0.1, -0.05) is 103 Å². The third-order valence-electron chi connectivity index (χ3n) is 6.32. The Kier molecular flexibility index (Phi) is 22.9. The van der Waals surface area contributed by atoms with Crippen molar-refractivity contribution in [3.05, 3.63) is 0 Å². The van der Waals surface area contributed by atoms with E-state index in [2.05, 4.69) is 6.92 Å². The van der Waals surface area contributed by atoms with Crippen LogP contribution in [0.2, 0.25) is 0 Å². The molecule has 0 radical (unpaired) electrons. The summed E-state index contributed by atoms with van der Waals surface area (Å²) < 4.78 is 34.2. The Morgan fingerprint density at radius 3 is 1.61 bits per heavy atom. The number of phosphoric acid groups is 1. The maximum Gasteiger partial charge on any atom is 0.472 e. The highest BCUT2D eigenvalue weighted by molar-refractivity contribution is 7.47. The van der Waals surface area contributed by atoms with Crippen LogP contribution < -0.4 is 0 Å². The molecular formula is C28H61NO6P+. The minimum absolute atomic E-state index is 0.0413. The highest BCUT2D eigenvalue weighted by Gasteiger charge is 2.28. The van der Waals surface area contributed by atoms with E-state index in [0.29, 0.717) is 24.2 Å². The van der Waals surface area contributed by atoms with E-state index in [4.69, 9.17) is 18.5 Å². The van der Waals surface area contributed by atoms with Gasteiger partial charge in [0, 0.05) is 13.7 Å². The van der Waals surface area contributed by atoms with Gasteiger partial charge >= 0.3 is 7.82 Å². The van der Waals surface area contributed by atoms with Crippen molar-refractivity contribution in [2.24, 2.45) is 0 Å². The quantitative estimate of drug-likeness (QED) is 0.0663. The number of rotatable bonds is 27. The van der Waals surface area contributed by atoms with Gasteiger partial charge in [-0.3, -0.25) is 9.05 Å². The summed E-state index contributed by atoms with van der Waals surface area (Å²) in [6, 6.07) is 0. The standard InChI is InChI=1S/C28H60NO6P/c1-7-8-9-10-11-12-13-14-15-16-17-18-19-20-21-22-23-33-25-28(32-6)26-34-36(30,31)35-27(2)24-29(3,4)5/h27-28H,7-26H2,1-6H3/p+1/t27-,28?/m0/s1. The highest BCUT2D eigenvalue weighted by Crippen LogP contribution is 2.44. The molecule has 0 heterocycles. The number of nitrogens with zero attached hydrogens (tertiary/aromatic N) is 1. The number of phosphoric ester groups is 1. The molecule has 7 nitrogen and oxygen atoms in total. The zero-order chi connectivity index (χ0) is 27.1. The molecule has 36 heavy (non-hydrogen) atoms. The lowest BCUT2D eigenvalue weighted by Crippen LogP contribution is -2.41. The highest BCUT2D eigenvalue weighted by atomic mass is 31.2. The first-order valence-electron chi connectivity index (χ1n) is 14.7. The molecule has 0 rings (SSSR count). The van der Waals surface area contributed by atoms with Crippen LogP contribution in [0.1, 0.15) is 117 Å². The fourth-order valence-corrected chi connectivity index (χ4v) is 5.33. The molecule has 0 aromatic heterocycles. The average Bonchev–Trinajstić information content (AvgIpc) is 2.78. The molecule has 2 unspecified atom stereocenters. The summed E-state index contributed by atoms with van der Waals surface area (Å²) in [5, 5.41) is 0. The largest absolute Gasteiger partial charge is 0.472 e. The third-order valence-corrected chi connectivity index (χ3v) is 7.42. The van der Waals surface area contributed by atoms with E-state index in [1.54, 1.807) is 14.0 Å². The molecule has 0 aliphatic heterocycles. The van der Waals surface area contributed by atoms with E-state index in [1.165, 1.54) is 96.3 Å². The maximum absolute atomic E-state index is 12.2. The van der Waals surface area contributed by atoms with Gasteiger partial charge in [0.1, 0.15) is 18.8 Å². The Hall–Kier alpha value is -0.0100. The predicted molar refractivity (Wildman–Crippen MR) is 150 cm³/mol. The second-order valence-corrected chi connectivity index (χ2v) is 12.8. The minimum atomic E-state index is -4.13. The summed E-state index contributed by atoms with van der Waals surface area (Å²) in [5.74, 6) is 0. The topological polar surface area (TPSA) is 74.2 Å². The number of hydrogen-bond acceptors (Lipinski definition) is 5. The van der Waals surface area contributed by atoms with Gasteiger partial charge in [0.05, 0.1) is 34.4 Å². The normalized spacial score (nSPS) is 15.6. The predicted octanol–water partition coefficient (Wildman–Crippen LogP) is 7.51. The van der Waals surface area contributed by atoms with Crippen LogP contribution in [0.3, 0.4) is 0 Å². The Bertz CT molecular complexity index is 529. The number of unbranched alkanes of at least 4 members (excludes halogenated alkanes) is 15. The van der Waals surface area contributed by atoms with Gasteiger partial charge in [-0.25, -0.2) is 4.57 Å². The first-order valence-corrected chi connectivity index (χ1v) is 16.2. The number of likely N-dealkylation sites (N-methyl/N-ethyl adjacent to an activating group) is 1. The summed E-state index contributed by atoms with van der Waals surface area (Å²) in [4.78, 5) is 9.96. The van der Waals surface area contributed by atoms with E-state index in [1.807, 2.05) is 21.1 Å². The van der Waals surface area contributed by atoms with E-state index in [-0.39, 0.29) is 6.61 Å². The van der Waals surface area contributed by atoms with Crippen molar-refractivity contribution in [3.8, 4) is 0 Å². The van der Waals surface area contributed by atoms with Gasteiger partial charge in [-0.05, 0) is 13.3 Å². The number of methoxy groups -OCH3 is 1. The van der Waals surface area contributed by atoms with E-state index >= 15 is 0 Å². The lowest BCUT2D eigenvalue weighted by molar-refractivity contribution is -0.873. The van der Waals surface area contributed by atoms with E-state index in [0.717, 1.165) is 6.42 Å². The van der Waals surface area contributed by atoms with Crippen molar-refractivity contribution in [3.63, 3.8) is 0 Å². The van der Waals surface area contributed by atoms with Crippen LogP contribution in [0, 0.1) is 0 Å². The molecule has 8 heteroatoms. The summed E-state index contributed by atoms with van der Waals surface area (Å²) in [6.45, 7) is 5.61. The smallest absolute Gasteiger partial charge is 0.379 e. The Labute approximate surface area is 223 Å². The summed E-state index contributed by atoms with van der Waals surface area (Å²) >= 11 is 0.